The molecule has 2 N–H and O–H groups in total. The van der Waals surface area contributed by atoms with Crippen molar-refractivity contribution in [3.63, 3.8) is 0 Å². The van der Waals surface area contributed by atoms with Gasteiger partial charge in [0.05, 0.1) is 13.2 Å². The van der Waals surface area contributed by atoms with E-state index in [0.717, 1.165) is 19.6 Å². The predicted octanol–water partition coefficient (Wildman–Crippen LogP) is 2.06. The lowest BCUT2D eigenvalue weighted by molar-refractivity contribution is 0.120. The van der Waals surface area contributed by atoms with Crippen molar-refractivity contribution >= 4 is 5.82 Å². The monoisotopic (exact) mass is 211 g/mol. The van der Waals surface area contributed by atoms with Gasteiger partial charge in [-0.05, 0) is 12.5 Å². The average molecular weight is 211 g/mol. The summed E-state index contributed by atoms with van der Waals surface area (Å²) in [4.78, 5) is 0. The molecule has 0 bridgehead atoms. The first-order valence-electron chi connectivity index (χ1n) is 5.69. The second kappa shape index (κ2) is 7.29. The highest BCUT2D eigenvalue weighted by Gasteiger charge is 1.94. The molecule has 1 rings (SSSR count). The fourth-order valence-electron chi connectivity index (χ4n) is 1.39. The molecule has 0 saturated heterocycles. The Bertz CT molecular complexity index is 260. The second-order valence-corrected chi connectivity index (χ2v) is 3.68. The average Bonchev–Trinajstić information content (AvgIpc) is 2.63. The highest BCUT2D eigenvalue weighted by Crippen LogP contribution is 1.99. The van der Waals surface area contributed by atoms with Gasteiger partial charge >= 0.3 is 0 Å². The van der Waals surface area contributed by atoms with Crippen LogP contribution in [-0.2, 0) is 11.3 Å². The van der Waals surface area contributed by atoms with E-state index in [2.05, 4.69) is 12.0 Å². The highest BCUT2D eigenvalue weighted by atomic mass is 16.5. The van der Waals surface area contributed by atoms with Gasteiger partial charge < -0.3 is 10.5 Å². The Balaban J connectivity index is 1.93. The van der Waals surface area contributed by atoms with E-state index < -0.39 is 0 Å². The van der Waals surface area contributed by atoms with Crippen LogP contribution in [0.15, 0.2) is 12.3 Å². The molecule has 0 spiro atoms. The molecule has 0 aromatic carbocycles. The van der Waals surface area contributed by atoms with Crippen molar-refractivity contribution in [2.45, 2.75) is 39.2 Å². The Labute approximate surface area is 91.4 Å². The number of rotatable bonds is 8. The first kappa shape index (κ1) is 12.0. The van der Waals surface area contributed by atoms with Gasteiger partial charge in [0.15, 0.2) is 0 Å². The second-order valence-electron chi connectivity index (χ2n) is 3.68. The van der Waals surface area contributed by atoms with Crippen LogP contribution < -0.4 is 5.73 Å². The maximum Gasteiger partial charge on any atom is 0.145 e. The fraction of sp³-hybridized carbons (Fsp3) is 0.727. The molecule has 4 nitrogen and oxygen atoms in total. The number of nitrogen functional groups attached to an aromatic ring is 1. The first-order chi connectivity index (χ1) is 7.33. The Kier molecular flexibility index (Phi) is 5.85. The van der Waals surface area contributed by atoms with Gasteiger partial charge in [0.1, 0.15) is 5.82 Å². The fourth-order valence-corrected chi connectivity index (χ4v) is 1.39. The Morgan fingerprint density at radius 3 is 2.87 bits per heavy atom. The summed E-state index contributed by atoms with van der Waals surface area (Å²) in [5.74, 6) is 0.568. The van der Waals surface area contributed by atoms with Crippen LogP contribution in [0.4, 0.5) is 5.82 Å². The van der Waals surface area contributed by atoms with Crippen LogP contribution in [0.1, 0.15) is 32.6 Å². The van der Waals surface area contributed by atoms with Crippen LogP contribution in [0, 0.1) is 0 Å². The molecule has 0 aliphatic rings. The molecule has 0 amide bonds. The van der Waals surface area contributed by atoms with Gasteiger partial charge in [-0.2, -0.15) is 5.10 Å². The van der Waals surface area contributed by atoms with E-state index in [1.165, 1.54) is 19.3 Å². The number of ether oxygens (including phenoxy) is 1. The van der Waals surface area contributed by atoms with Crippen LogP contribution >= 0.6 is 0 Å². The largest absolute Gasteiger partial charge is 0.382 e. The molecule has 0 saturated carbocycles. The molecule has 4 heteroatoms. The smallest absolute Gasteiger partial charge is 0.145 e. The van der Waals surface area contributed by atoms with Crippen molar-refractivity contribution in [3.05, 3.63) is 12.3 Å². The number of nitrogens with zero attached hydrogens (tertiary/aromatic N) is 2. The summed E-state index contributed by atoms with van der Waals surface area (Å²) < 4.78 is 7.30. The number of nitrogens with two attached hydrogens (primary N) is 1. The first-order valence-corrected chi connectivity index (χ1v) is 5.69. The van der Waals surface area contributed by atoms with E-state index in [-0.39, 0.29) is 0 Å². The summed E-state index contributed by atoms with van der Waals surface area (Å²) in [6, 6.07) is 1.79. The molecule has 15 heavy (non-hydrogen) atoms. The summed E-state index contributed by atoms with van der Waals surface area (Å²) >= 11 is 0. The number of hydrogen-bond acceptors (Lipinski definition) is 3. The topological polar surface area (TPSA) is 53.1 Å². The van der Waals surface area contributed by atoms with E-state index in [1.54, 1.807) is 10.7 Å². The zero-order valence-electron chi connectivity index (χ0n) is 9.48. The van der Waals surface area contributed by atoms with Gasteiger partial charge in [0.25, 0.3) is 0 Å². The predicted molar refractivity (Wildman–Crippen MR) is 61.6 cm³/mol. The van der Waals surface area contributed by atoms with Gasteiger partial charge in [-0.25, -0.2) is 0 Å². The van der Waals surface area contributed by atoms with E-state index in [4.69, 9.17) is 10.5 Å². The van der Waals surface area contributed by atoms with Crippen molar-refractivity contribution in [1.29, 1.82) is 0 Å². The number of unbranched alkanes of at least 4 members (excludes halogenated alkanes) is 3. The van der Waals surface area contributed by atoms with Crippen LogP contribution in [-0.4, -0.2) is 23.0 Å². The molecule has 1 aromatic heterocycles. The van der Waals surface area contributed by atoms with Crippen molar-refractivity contribution in [2.24, 2.45) is 0 Å². The highest BCUT2D eigenvalue weighted by molar-refractivity contribution is 5.23. The Morgan fingerprint density at radius 1 is 1.33 bits per heavy atom. The number of hydrogen-bond donors (Lipinski definition) is 1. The minimum absolute atomic E-state index is 0.568. The van der Waals surface area contributed by atoms with E-state index >= 15 is 0 Å². The maximum absolute atomic E-state index is 5.49. The Hall–Kier alpha value is -1.03. The number of anilines is 1. The molecule has 0 radical (unpaired) electrons. The third-order valence-electron chi connectivity index (χ3n) is 2.27. The molecule has 0 unspecified atom stereocenters. The van der Waals surface area contributed by atoms with Crippen molar-refractivity contribution in [1.82, 2.24) is 9.78 Å². The van der Waals surface area contributed by atoms with Crippen LogP contribution in [0.5, 0.6) is 0 Å². The zero-order valence-corrected chi connectivity index (χ0v) is 9.48. The third-order valence-corrected chi connectivity index (χ3v) is 2.27. The Morgan fingerprint density at radius 2 is 2.20 bits per heavy atom. The quantitative estimate of drug-likeness (QED) is 0.670. The summed E-state index contributed by atoms with van der Waals surface area (Å²) in [6.45, 7) is 4.57. The van der Waals surface area contributed by atoms with Crippen molar-refractivity contribution in [3.8, 4) is 0 Å². The molecule has 1 heterocycles. The van der Waals surface area contributed by atoms with Crippen LogP contribution in [0.25, 0.3) is 0 Å². The summed E-state index contributed by atoms with van der Waals surface area (Å²) in [5, 5.41) is 4.07. The van der Waals surface area contributed by atoms with Crippen LogP contribution in [0.2, 0.25) is 0 Å². The van der Waals surface area contributed by atoms with E-state index in [1.807, 2.05) is 6.20 Å². The maximum atomic E-state index is 5.49. The lowest BCUT2D eigenvalue weighted by atomic mass is 10.2. The molecule has 0 aliphatic heterocycles. The standard InChI is InChI=1S/C11H21N3O/c1-2-3-4-5-9-15-10-8-14-7-6-11(12)13-14/h6-7H,2-5,8-10H2,1H3,(H2,12,13). The van der Waals surface area contributed by atoms with Crippen molar-refractivity contribution < 1.29 is 4.74 Å². The van der Waals surface area contributed by atoms with Gasteiger partial charge in [-0.3, -0.25) is 4.68 Å². The van der Waals surface area contributed by atoms with Gasteiger partial charge in [-0.15, -0.1) is 0 Å². The molecular formula is C11H21N3O. The lowest BCUT2D eigenvalue weighted by Gasteiger charge is -2.04. The lowest BCUT2D eigenvalue weighted by Crippen LogP contribution is -2.07. The molecular weight excluding hydrogens is 190 g/mol. The molecule has 0 atom stereocenters. The summed E-state index contributed by atoms with van der Waals surface area (Å²) in [6.07, 6.45) is 6.88. The van der Waals surface area contributed by atoms with Gasteiger partial charge in [-0.1, -0.05) is 26.2 Å². The minimum Gasteiger partial charge on any atom is -0.382 e. The van der Waals surface area contributed by atoms with Crippen molar-refractivity contribution in [2.75, 3.05) is 18.9 Å². The van der Waals surface area contributed by atoms with Crippen LogP contribution in [0.3, 0.4) is 0 Å². The van der Waals surface area contributed by atoms with Gasteiger partial charge in [0, 0.05) is 12.8 Å². The molecule has 1 aromatic rings. The number of aromatic nitrogens is 2. The van der Waals surface area contributed by atoms with E-state index in [0.29, 0.717) is 12.4 Å². The molecule has 86 valence electrons. The third kappa shape index (κ3) is 5.42. The van der Waals surface area contributed by atoms with E-state index in [9.17, 15) is 0 Å². The normalized spacial score (nSPS) is 10.7. The molecule has 0 fully saturated rings. The summed E-state index contributed by atoms with van der Waals surface area (Å²) in [5.41, 5.74) is 5.49. The minimum atomic E-state index is 0.568. The van der Waals surface area contributed by atoms with Gasteiger partial charge in [0.2, 0.25) is 0 Å². The molecule has 0 aliphatic carbocycles. The SMILES string of the molecule is CCCCCCOCCn1ccc(N)n1. The summed E-state index contributed by atoms with van der Waals surface area (Å²) in [7, 11) is 0. The zero-order chi connectivity index (χ0) is 10.9.